The molecule has 2 rings (SSSR count). The minimum atomic E-state index is -0.386. The van der Waals surface area contributed by atoms with Crippen LogP contribution in [0.15, 0.2) is 61.2 Å². The number of esters is 1. The molecule has 0 aliphatic rings. The number of benzene rings is 2. The molecule has 0 fully saturated rings. The maximum atomic E-state index is 12.4. The fourth-order valence-corrected chi connectivity index (χ4v) is 3.39. The quantitative estimate of drug-likeness (QED) is 0.105. The van der Waals surface area contributed by atoms with Crippen molar-refractivity contribution >= 4 is 5.97 Å². The molecule has 0 spiro atoms. The number of hydrogen-bond donors (Lipinski definition) is 0. The molecule has 33 heavy (non-hydrogen) atoms. The van der Waals surface area contributed by atoms with E-state index in [1.165, 1.54) is 38.5 Å². The molecular weight excluding hydrogens is 412 g/mol. The highest BCUT2D eigenvalue weighted by Gasteiger charge is 2.09. The van der Waals surface area contributed by atoms with Crippen molar-refractivity contribution in [3.63, 3.8) is 0 Å². The van der Waals surface area contributed by atoms with Crippen LogP contribution in [0.3, 0.4) is 0 Å². The molecule has 0 bridgehead atoms. The van der Waals surface area contributed by atoms with Gasteiger partial charge < -0.3 is 14.2 Å². The van der Waals surface area contributed by atoms with Crippen molar-refractivity contribution in [1.82, 2.24) is 0 Å². The fraction of sp³-hybridized carbons (Fsp3) is 0.483. The van der Waals surface area contributed by atoms with Gasteiger partial charge in [0.05, 0.1) is 18.8 Å². The molecule has 0 amide bonds. The molecule has 0 radical (unpaired) electrons. The van der Waals surface area contributed by atoms with Gasteiger partial charge in [0.1, 0.15) is 17.2 Å². The molecule has 180 valence electrons. The van der Waals surface area contributed by atoms with E-state index in [-0.39, 0.29) is 5.97 Å². The minimum Gasteiger partial charge on any atom is -0.494 e. The third-order valence-corrected chi connectivity index (χ3v) is 5.75. The Morgan fingerprint density at radius 1 is 0.818 bits per heavy atom. The fourth-order valence-electron chi connectivity index (χ4n) is 3.39. The normalized spacial score (nSPS) is 11.6. The van der Waals surface area contributed by atoms with Gasteiger partial charge >= 0.3 is 5.97 Å². The lowest BCUT2D eigenvalue weighted by Gasteiger charge is -2.10. The van der Waals surface area contributed by atoms with Gasteiger partial charge in [-0.05, 0) is 86.6 Å². The van der Waals surface area contributed by atoms with E-state index in [0.29, 0.717) is 24.5 Å². The van der Waals surface area contributed by atoms with E-state index in [2.05, 4.69) is 20.4 Å². The third kappa shape index (κ3) is 11.1. The van der Waals surface area contributed by atoms with Crippen molar-refractivity contribution < 1.29 is 19.0 Å². The van der Waals surface area contributed by atoms with Crippen molar-refractivity contribution in [2.75, 3.05) is 13.2 Å². The molecule has 0 N–H and O–H groups in total. The molecule has 0 aliphatic heterocycles. The number of allylic oxidation sites excluding steroid dienone is 1. The Hall–Kier alpha value is -2.75. The maximum absolute atomic E-state index is 12.4. The predicted octanol–water partition coefficient (Wildman–Crippen LogP) is 8.02. The lowest BCUT2D eigenvalue weighted by Crippen LogP contribution is -2.08. The van der Waals surface area contributed by atoms with E-state index >= 15 is 0 Å². The SMILES string of the molecule is C=CCCCCCCCOc1ccc(C(=O)Oc2ccc(OCCC[C@@H](C)CC)cc2)cc1. The van der Waals surface area contributed by atoms with Gasteiger partial charge in [-0.25, -0.2) is 4.79 Å². The monoisotopic (exact) mass is 452 g/mol. The number of ether oxygens (including phenoxy) is 3. The van der Waals surface area contributed by atoms with Crippen molar-refractivity contribution in [2.45, 2.75) is 71.6 Å². The lowest BCUT2D eigenvalue weighted by molar-refractivity contribution is 0.0734. The number of carbonyl (C=O) groups excluding carboxylic acids is 1. The molecule has 0 saturated carbocycles. The summed E-state index contributed by atoms with van der Waals surface area (Å²) in [5.41, 5.74) is 0.495. The van der Waals surface area contributed by atoms with Gasteiger partial charge in [0.25, 0.3) is 0 Å². The summed E-state index contributed by atoms with van der Waals surface area (Å²) in [5, 5.41) is 0. The van der Waals surface area contributed by atoms with Crippen LogP contribution >= 0.6 is 0 Å². The zero-order chi connectivity index (χ0) is 23.7. The summed E-state index contributed by atoms with van der Waals surface area (Å²) < 4.78 is 17.0. The standard InChI is InChI=1S/C29H40O4/c1-4-6-7-8-9-10-11-22-31-26-16-14-25(15-17-26)29(30)33-28-20-18-27(19-21-28)32-23-12-13-24(3)5-2/h4,14-21,24H,1,5-13,22-23H2,2-3H3/t24-/m0/s1. The summed E-state index contributed by atoms with van der Waals surface area (Å²) >= 11 is 0. The molecule has 0 unspecified atom stereocenters. The van der Waals surface area contributed by atoms with Crippen molar-refractivity contribution in [2.24, 2.45) is 5.92 Å². The Balaban J connectivity index is 1.67. The van der Waals surface area contributed by atoms with Gasteiger partial charge in [-0.15, -0.1) is 6.58 Å². The lowest BCUT2D eigenvalue weighted by atomic mass is 10.0. The van der Waals surface area contributed by atoms with Crippen LogP contribution in [0.25, 0.3) is 0 Å². The molecule has 0 aromatic heterocycles. The molecule has 4 nitrogen and oxygen atoms in total. The molecule has 2 aromatic carbocycles. The van der Waals surface area contributed by atoms with E-state index in [0.717, 1.165) is 36.7 Å². The largest absolute Gasteiger partial charge is 0.494 e. The van der Waals surface area contributed by atoms with E-state index in [9.17, 15) is 4.79 Å². The highest BCUT2D eigenvalue weighted by molar-refractivity contribution is 5.91. The first-order valence-electron chi connectivity index (χ1n) is 12.4. The first kappa shape index (κ1) is 26.5. The van der Waals surface area contributed by atoms with Crippen LogP contribution in [-0.2, 0) is 0 Å². The van der Waals surface area contributed by atoms with Crippen LogP contribution in [0.1, 0.15) is 82.0 Å². The molecular formula is C29H40O4. The second-order valence-corrected chi connectivity index (χ2v) is 8.58. The van der Waals surface area contributed by atoms with Crippen LogP contribution in [0.5, 0.6) is 17.2 Å². The van der Waals surface area contributed by atoms with Crippen LogP contribution in [-0.4, -0.2) is 19.2 Å². The first-order chi connectivity index (χ1) is 16.1. The molecule has 4 heteroatoms. The number of unbranched alkanes of at least 4 members (excludes halogenated alkanes) is 5. The Bertz CT molecular complexity index is 795. The summed E-state index contributed by atoms with van der Waals surface area (Å²) in [5.74, 6) is 2.41. The molecule has 2 aromatic rings. The van der Waals surface area contributed by atoms with E-state index in [4.69, 9.17) is 14.2 Å². The smallest absolute Gasteiger partial charge is 0.343 e. The van der Waals surface area contributed by atoms with Gasteiger partial charge in [0.15, 0.2) is 0 Å². The minimum absolute atomic E-state index is 0.386. The number of carbonyl (C=O) groups is 1. The molecule has 0 saturated heterocycles. The van der Waals surface area contributed by atoms with Crippen LogP contribution in [0.4, 0.5) is 0 Å². The van der Waals surface area contributed by atoms with Gasteiger partial charge in [0, 0.05) is 0 Å². The molecule has 0 heterocycles. The van der Waals surface area contributed by atoms with Gasteiger partial charge in [0.2, 0.25) is 0 Å². The summed E-state index contributed by atoms with van der Waals surface area (Å²) in [6, 6.07) is 14.3. The number of hydrogen-bond acceptors (Lipinski definition) is 4. The Kier molecular flexibility index (Phi) is 12.8. The van der Waals surface area contributed by atoms with Crippen molar-refractivity contribution in [3.05, 3.63) is 66.7 Å². The first-order valence-corrected chi connectivity index (χ1v) is 12.4. The summed E-state index contributed by atoms with van der Waals surface area (Å²) in [6.45, 7) is 9.61. The second-order valence-electron chi connectivity index (χ2n) is 8.58. The van der Waals surface area contributed by atoms with Crippen molar-refractivity contribution in [1.29, 1.82) is 0 Å². The van der Waals surface area contributed by atoms with E-state index in [1.807, 2.05) is 30.3 Å². The Labute approximate surface area is 200 Å². The second kappa shape index (κ2) is 16.0. The van der Waals surface area contributed by atoms with Gasteiger partial charge in [-0.3, -0.25) is 0 Å². The van der Waals surface area contributed by atoms with E-state index < -0.39 is 0 Å². The molecule has 1 atom stereocenters. The summed E-state index contributed by atoms with van der Waals surface area (Å²) in [6.07, 6.45) is 12.4. The molecule has 0 aliphatic carbocycles. The maximum Gasteiger partial charge on any atom is 0.343 e. The Morgan fingerprint density at radius 2 is 1.36 bits per heavy atom. The topological polar surface area (TPSA) is 44.8 Å². The van der Waals surface area contributed by atoms with Crippen molar-refractivity contribution in [3.8, 4) is 17.2 Å². The average molecular weight is 453 g/mol. The van der Waals surface area contributed by atoms with Gasteiger partial charge in [-0.1, -0.05) is 45.6 Å². The average Bonchev–Trinajstić information content (AvgIpc) is 2.84. The summed E-state index contributed by atoms with van der Waals surface area (Å²) in [4.78, 5) is 12.4. The van der Waals surface area contributed by atoms with Crippen LogP contribution in [0.2, 0.25) is 0 Å². The zero-order valence-electron chi connectivity index (χ0n) is 20.4. The zero-order valence-corrected chi connectivity index (χ0v) is 20.4. The Morgan fingerprint density at radius 3 is 2.00 bits per heavy atom. The number of rotatable bonds is 17. The predicted molar refractivity (Wildman–Crippen MR) is 135 cm³/mol. The third-order valence-electron chi connectivity index (χ3n) is 5.75. The van der Waals surface area contributed by atoms with Crippen LogP contribution < -0.4 is 14.2 Å². The highest BCUT2D eigenvalue weighted by Crippen LogP contribution is 2.20. The summed E-state index contributed by atoms with van der Waals surface area (Å²) in [7, 11) is 0. The van der Waals surface area contributed by atoms with E-state index in [1.54, 1.807) is 24.3 Å². The van der Waals surface area contributed by atoms with Gasteiger partial charge in [-0.2, -0.15) is 0 Å². The highest BCUT2D eigenvalue weighted by atomic mass is 16.5. The van der Waals surface area contributed by atoms with Crippen LogP contribution in [0, 0.1) is 5.92 Å².